The number of aliphatic hydroxyl groups is 1. The van der Waals surface area contributed by atoms with Crippen molar-refractivity contribution in [3.05, 3.63) is 107 Å². The topological polar surface area (TPSA) is 115 Å². The van der Waals surface area contributed by atoms with Crippen molar-refractivity contribution in [1.82, 2.24) is 34.1 Å². The van der Waals surface area contributed by atoms with Crippen LogP contribution in [0.4, 0.5) is 0 Å². The molecule has 0 saturated carbocycles. The molecule has 0 aliphatic carbocycles. The molecule has 0 fully saturated rings. The largest absolute Gasteiger partial charge is 0.386 e. The third kappa shape index (κ3) is 3.54. The maximum absolute atomic E-state index is 12.6. The highest BCUT2D eigenvalue weighted by atomic mass is 16.3. The zero-order valence-electron chi connectivity index (χ0n) is 21.5. The molecule has 0 atom stereocenters. The van der Waals surface area contributed by atoms with Crippen LogP contribution < -0.4 is 5.56 Å². The molecular formula is C29H27N7O2. The minimum Gasteiger partial charge on any atom is -0.386 e. The van der Waals surface area contributed by atoms with Crippen LogP contribution in [0.1, 0.15) is 37.7 Å². The molecule has 190 valence electrons. The number of benzene rings is 1. The van der Waals surface area contributed by atoms with E-state index in [1.807, 2.05) is 49.1 Å². The molecule has 38 heavy (non-hydrogen) atoms. The van der Waals surface area contributed by atoms with Gasteiger partial charge in [-0.1, -0.05) is 0 Å². The van der Waals surface area contributed by atoms with Gasteiger partial charge in [-0.15, -0.1) is 0 Å². The molecule has 0 unspecified atom stereocenters. The van der Waals surface area contributed by atoms with Crippen LogP contribution in [-0.2, 0) is 18.2 Å². The Morgan fingerprint density at radius 1 is 0.921 bits per heavy atom. The predicted octanol–water partition coefficient (Wildman–Crippen LogP) is 4.11. The molecule has 0 radical (unpaired) electrons. The van der Waals surface area contributed by atoms with Crippen molar-refractivity contribution in [2.45, 2.75) is 31.9 Å². The Hall–Kier alpha value is -4.63. The zero-order chi connectivity index (χ0) is 26.7. The summed E-state index contributed by atoms with van der Waals surface area (Å²) in [6.45, 7) is 5.59. The second-order valence-corrected chi connectivity index (χ2v) is 10.2. The highest BCUT2D eigenvalue weighted by Crippen LogP contribution is 2.40. The van der Waals surface area contributed by atoms with E-state index in [0.717, 1.165) is 33.0 Å². The molecule has 5 heterocycles. The van der Waals surface area contributed by atoms with E-state index in [2.05, 4.69) is 35.6 Å². The Labute approximate surface area is 218 Å². The Morgan fingerprint density at radius 2 is 1.61 bits per heavy atom. The van der Waals surface area contributed by atoms with E-state index < -0.39 is 11.1 Å². The highest BCUT2D eigenvalue weighted by Gasteiger charge is 2.36. The first kappa shape index (κ1) is 23.7. The summed E-state index contributed by atoms with van der Waals surface area (Å²) >= 11 is 0. The van der Waals surface area contributed by atoms with Crippen molar-refractivity contribution in [1.29, 1.82) is 0 Å². The third-order valence-corrected chi connectivity index (χ3v) is 7.28. The fourth-order valence-corrected chi connectivity index (χ4v) is 5.37. The van der Waals surface area contributed by atoms with Gasteiger partial charge in [0.2, 0.25) is 0 Å². The lowest BCUT2D eigenvalue weighted by atomic mass is 9.90. The summed E-state index contributed by atoms with van der Waals surface area (Å²) in [5.41, 5.74) is 3.28. The second-order valence-electron chi connectivity index (χ2n) is 10.2. The smallest absolute Gasteiger partial charge is 0.272 e. The van der Waals surface area contributed by atoms with Gasteiger partial charge in [-0.05, 0) is 56.2 Å². The third-order valence-electron chi connectivity index (χ3n) is 7.28. The Morgan fingerprint density at radius 3 is 2.21 bits per heavy atom. The van der Waals surface area contributed by atoms with Gasteiger partial charge in [-0.25, -0.2) is 0 Å². The number of aryl methyl sites for hydroxylation is 1. The molecule has 2 N–H and O–H groups in total. The monoisotopic (exact) mass is 505 g/mol. The first-order valence-corrected chi connectivity index (χ1v) is 12.3. The molecule has 9 nitrogen and oxygen atoms in total. The second kappa shape index (κ2) is 8.46. The first-order valence-electron chi connectivity index (χ1n) is 12.3. The summed E-state index contributed by atoms with van der Waals surface area (Å²) in [5.74, 6) is 0. The van der Waals surface area contributed by atoms with E-state index in [1.54, 1.807) is 57.2 Å². The van der Waals surface area contributed by atoms with Gasteiger partial charge in [0.05, 0.1) is 34.9 Å². The molecule has 0 aliphatic rings. The molecule has 0 saturated heterocycles. The fraction of sp³-hybridized carbons (Fsp3) is 0.207. The number of H-pyrrole nitrogens is 1. The first-order chi connectivity index (χ1) is 18.2. The SMILES string of the molecule is Cn1cc(-c2cc(C(C)(C)O)c3ccn(C(C)(c4cnccn4)c4cnccn4)c3c2)c2cc[nH]c(=O)c21. The van der Waals surface area contributed by atoms with Crippen LogP contribution in [0.2, 0.25) is 0 Å². The van der Waals surface area contributed by atoms with E-state index in [1.165, 1.54) is 0 Å². The van der Waals surface area contributed by atoms with Crippen LogP contribution >= 0.6 is 0 Å². The fourth-order valence-electron chi connectivity index (χ4n) is 5.37. The van der Waals surface area contributed by atoms with Gasteiger partial charge in [0.25, 0.3) is 5.56 Å². The van der Waals surface area contributed by atoms with Crippen molar-refractivity contribution in [3.63, 3.8) is 0 Å². The van der Waals surface area contributed by atoms with Crippen LogP contribution in [-0.4, -0.2) is 39.2 Å². The average molecular weight is 506 g/mol. The van der Waals surface area contributed by atoms with Crippen LogP contribution in [0, 0.1) is 0 Å². The summed E-state index contributed by atoms with van der Waals surface area (Å²) in [6, 6.07) is 8.00. The lowest BCUT2D eigenvalue weighted by molar-refractivity contribution is 0.0802. The van der Waals surface area contributed by atoms with Gasteiger partial charge in [0.1, 0.15) is 11.1 Å². The molecule has 0 bridgehead atoms. The number of nitrogens with one attached hydrogen (secondary N) is 1. The van der Waals surface area contributed by atoms with E-state index in [4.69, 9.17) is 0 Å². The normalized spacial score (nSPS) is 12.4. The van der Waals surface area contributed by atoms with Gasteiger partial charge in [-0.3, -0.25) is 24.7 Å². The van der Waals surface area contributed by atoms with Crippen molar-refractivity contribution in [3.8, 4) is 11.1 Å². The van der Waals surface area contributed by atoms with E-state index in [0.29, 0.717) is 16.9 Å². The number of aromatic amines is 1. The van der Waals surface area contributed by atoms with Crippen LogP contribution in [0.5, 0.6) is 0 Å². The summed E-state index contributed by atoms with van der Waals surface area (Å²) in [5, 5.41) is 13.0. The Bertz CT molecular complexity index is 1810. The molecule has 9 heteroatoms. The molecule has 6 aromatic rings. The van der Waals surface area contributed by atoms with Gasteiger partial charge in [0.15, 0.2) is 0 Å². The van der Waals surface area contributed by atoms with Crippen molar-refractivity contribution in [2.24, 2.45) is 7.05 Å². The number of rotatable bonds is 5. The predicted molar refractivity (Wildman–Crippen MR) is 146 cm³/mol. The van der Waals surface area contributed by atoms with E-state index >= 15 is 0 Å². The van der Waals surface area contributed by atoms with Crippen LogP contribution in [0.3, 0.4) is 0 Å². The van der Waals surface area contributed by atoms with E-state index in [-0.39, 0.29) is 5.56 Å². The molecule has 5 aromatic heterocycles. The minimum absolute atomic E-state index is 0.152. The number of nitrogens with zero attached hydrogens (tertiary/aromatic N) is 6. The summed E-state index contributed by atoms with van der Waals surface area (Å²) in [6.07, 6.45) is 15.7. The summed E-state index contributed by atoms with van der Waals surface area (Å²) in [7, 11) is 1.86. The van der Waals surface area contributed by atoms with E-state index in [9.17, 15) is 9.90 Å². The van der Waals surface area contributed by atoms with Gasteiger partial charge in [0, 0.05) is 66.8 Å². The number of hydrogen-bond donors (Lipinski definition) is 2. The van der Waals surface area contributed by atoms with Crippen molar-refractivity contribution >= 4 is 21.8 Å². The van der Waals surface area contributed by atoms with Crippen LogP contribution in [0.25, 0.3) is 32.9 Å². The maximum Gasteiger partial charge on any atom is 0.272 e. The van der Waals surface area contributed by atoms with Gasteiger partial charge >= 0.3 is 0 Å². The summed E-state index contributed by atoms with van der Waals surface area (Å²) < 4.78 is 3.94. The lowest BCUT2D eigenvalue weighted by Gasteiger charge is -2.31. The van der Waals surface area contributed by atoms with Crippen molar-refractivity contribution in [2.75, 3.05) is 0 Å². The number of hydrogen-bond acceptors (Lipinski definition) is 6. The molecule has 0 spiro atoms. The summed E-state index contributed by atoms with van der Waals surface area (Å²) in [4.78, 5) is 33.3. The molecule has 0 amide bonds. The zero-order valence-corrected chi connectivity index (χ0v) is 21.5. The number of pyridine rings is 1. The number of fused-ring (bicyclic) bond motifs is 2. The van der Waals surface area contributed by atoms with Crippen LogP contribution in [0.15, 0.2) is 84.8 Å². The minimum atomic E-state index is -1.13. The Balaban J connectivity index is 1.71. The quantitative estimate of drug-likeness (QED) is 0.365. The highest BCUT2D eigenvalue weighted by molar-refractivity contribution is 5.99. The van der Waals surface area contributed by atoms with Gasteiger partial charge < -0.3 is 19.2 Å². The molecular weight excluding hydrogens is 478 g/mol. The maximum atomic E-state index is 12.6. The molecule has 1 aromatic carbocycles. The number of aromatic nitrogens is 7. The average Bonchev–Trinajstić information content (AvgIpc) is 3.50. The van der Waals surface area contributed by atoms with Crippen molar-refractivity contribution < 1.29 is 5.11 Å². The standard InChI is InChI=1S/C29H27N7O2/c1-28(2,38)22-13-18(21-17-35(4)26-19(21)5-7-34-27(26)37)14-23-20(22)6-12-36(23)29(3,24-15-30-8-10-32-24)25-16-31-9-11-33-25/h5-17,38H,1-4H3,(H,34,37). The Kier molecular flexibility index (Phi) is 5.29. The molecule has 0 aliphatic heterocycles. The lowest BCUT2D eigenvalue weighted by Crippen LogP contribution is -2.34. The van der Waals surface area contributed by atoms with Gasteiger partial charge in [-0.2, -0.15) is 0 Å². The molecule has 6 rings (SSSR count).